The highest BCUT2D eigenvalue weighted by atomic mass is 32.2. The molecule has 112 valence electrons. The molecule has 6 heteroatoms. The van der Waals surface area contributed by atoms with E-state index in [0.717, 1.165) is 11.3 Å². The number of hydrogen-bond acceptors (Lipinski definition) is 4. The number of rotatable bonds is 6. The van der Waals surface area contributed by atoms with E-state index >= 15 is 0 Å². The lowest BCUT2D eigenvalue weighted by atomic mass is 10.1. The van der Waals surface area contributed by atoms with Gasteiger partial charge in [0.25, 0.3) is 0 Å². The van der Waals surface area contributed by atoms with E-state index in [-0.39, 0.29) is 5.75 Å². The predicted molar refractivity (Wildman–Crippen MR) is 83.1 cm³/mol. The minimum absolute atomic E-state index is 0.0407. The molecule has 1 aromatic rings. The van der Waals surface area contributed by atoms with Crippen LogP contribution in [0.4, 0.5) is 11.4 Å². The first-order chi connectivity index (χ1) is 9.25. The summed E-state index contributed by atoms with van der Waals surface area (Å²) in [5.74, 6) is -0.913. The zero-order valence-electron chi connectivity index (χ0n) is 12.4. The zero-order chi connectivity index (χ0) is 15.3. The Morgan fingerprint density at radius 2 is 1.95 bits per heavy atom. The fraction of sp³-hybridized carbons (Fsp3) is 0.500. The molecule has 0 radical (unpaired) electrons. The molecule has 1 amide bonds. The molecule has 0 heterocycles. The van der Waals surface area contributed by atoms with Crippen LogP contribution in [0.25, 0.3) is 0 Å². The van der Waals surface area contributed by atoms with Crippen LogP contribution in [0.1, 0.15) is 18.9 Å². The first-order valence-electron chi connectivity index (χ1n) is 6.53. The molecule has 0 aromatic heterocycles. The van der Waals surface area contributed by atoms with Crippen LogP contribution < -0.4 is 10.2 Å². The highest BCUT2D eigenvalue weighted by Crippen LogP contribution is 2.21. The van der Waals surface area contributed by atoms with Crippen molar-refractivity contribution in [1.82, 2.24) is 0 Å². The highest BCUT2D eigenvalue weighted by Gasteiger charge is 2.15. The summed E-state index contributed by atoms with van der Waals surface area (Å²) in [6.45, 7) is 3.72. The molecule has 1 N–H and O–H groups in total. The Morgan fingerprint density at radius 3 is 2.45 bits per heavy atom. The molecule has 20 heavy (non-hydrogen) atoms. The topological polar surface area (TPSA) is 66.5 Å². The van der Waals surface area contributed by atoms with Gasteiger partial charge in [-0.25, -0.2) is 8.42 Å². The Morgan fingerprint density at radius 1 is 1.30 bits per heavy atom. The first kappa shape index (κ1) is 16.5. The Hall–Kier alpha value is -1.56. The maximum Gasteiger partial charge on any atom is 0.239 e. The van der Waals surface area contributed by atoms with Crippen LogP contribution in [0.3, 0.4) is 0 Å². The third-order valence-electron chi connectivity index (χ3n) is 2.83. The molecular formula is C14H22N2O3S. The van der Waals surface area contributed by atoms with E-state index in [1.54, 1.807) is 13.0 Å². The molecule has 0 bridgehead atoms. The van der Waals surface area contributed by atoms with Crippen LogP contribution in [-0.4, -0.2) is 39.9 Å². The van der Waals surface area contributed by atoms with E-state index in [2.05, 4.69) is 5.32 Å². The molecule has 5 nitrogen and oxygen atoms in total. The smallest absolute Gasteiger partial charge is 0.239 e. The number of nitrogens with one attached hydrogen (secondary N) is 1. The second-order valence-corrected chi connectivity index (χ2v) is 7.22. The van der Waals surface area contributed by atoms with Gasteiger partial charge < -0.3 is 10.2 Å². The second-order valence-electron chi connectivity index (χ2n) is 5.04. The van der Waals surface area contributed by atoms with Gasteiger partial charge in [0.2, 0.25) is 5.91 Å². The van der Waals surface area contributed by atoms with Crippen molar-refractivity contribution in [3.05, 3.63) is 23.8 Å². The molecule has 1 aromatic carbocycles. The predicted octanol–water partition coefficient (Wildman–Crippen LogP) is 1.82. The van der Waals surface area contributed by atoms with Crippen molar-refractivity contribution < 1.29 is 13.2 Å². The van der Waals surface area contributed by atoms with Crippen LogP contribution in [0.2, 0.25) is 0 Å². The van der Waals surface area contributed by atoms with Crippen LogP contribution in [0.15, 0.2) is 18.2 Å². The third-order valence-corrected chi connectivity index (χ3v) is 4.56. The molecule has 0 fully saturated rings. The summed E-state index contributed by atoms with van der Waals surface area (Å²) >= 11 is 0. The number of carbonyl (C=O) groups is 1. The SMILES string of the molecule is CCCS(=O)(=O)CC(=O)Nc1ccc(N(C)C)c(C)c1. The number of anilines is 2. The van der Waals surface area contributed by atoms with Gasteiger partial charge in [0.1, 0.15) is 5.75 Å². The van der Waals surface area contributed by atoms with Crippen LogP contribution >= 0.6 is 0 Å². The normalized spacial score (nSPS) is 11.2. The summed E-state index contributed by atoms with van der Waals surface area (Å²) < 4.78 is 23.1. The molecule has 0 aliphatic rings. The number of amides is 1. The van der Waals surface area contributed by atoms with Crippen molar-refractivity contribution in [1.29, 1.82) is 0 Å². The fourth-order valence-electron chi connectivity index (χ4n) is 2.01. The van der Waals surface area contributed by atoms with E-state index in [1.807, 2.05) is 38.1 Å². The molecule has 1 rings (SSSR count). The van der Waals surface area contributed by atoms with E-state index in [1.165, 1.54) is 0 Å². The molecule has 0 spiro atoms. The first-order valence-corrected chi connectivity index (χ1v) is 8.35. The van der Waals surface area contributed by atoms with Gasteiger partial charge in [-0.05, 0) is 37.1 Å². The third kappa shape index (κ3) is 4.85. The van der Waals surface area contributed by atoms with Gasteiger partial charge in [-0.1, -0.05) is 6.92 Å². The summed E-state index contributed by atoms with van der Waals surface area (Å²) in [5.41, 5.74) is 2.69. The van der Waals surface area contributed by atoms with Gasteiger partial charge in [-0.15, -0.1) is 0 Å². The highest BCUT2D eigenvalue weighted by molar-refractivity contribution is 7.92. The van der Waals surface area contributed by atoms with Crippen molar-refractivity contribution >= 4 is 27.1 Å². The standard InChI is InChI=1S/C14H22N2O3S/c1-5-8-20(18,19)10-14(17)15-12-6-7-13(16(3)4)11(2)9-12/h6-7,9H,5,8,10H2,1-4H3,(H,15,17). The molecular weight excluding hydrogens is 276 g/mol. The van der Waals surface area contributed by atoms with E-state index < -0.39 is 21.5 Å². The average molecular weight is 298 g/mol. The van der Waals surface area contributed by atoms with E-state index in [4.69, 9.17) is 0 Å². The summed E-state index contributed by atoms with van der Waals surface area (Å²) in [5, 5.41) is 2.63. The number of aryl methyl sites for hydroxylation is 1. The molecule has 0 aliphatic heterocycles. The summed E-state index contributed by atoms with van der Waals surface area (Å²) in [6.07, 6.45) is 0.520. The monoisotopic (exact) mass is 298 g/mol. The van der Waals surface area contributed by atoms with Crippen LogP contribution in [-0.2, 0) is 14.6 Å². The van der Waals surface area contributed by atoms with Crippen LogP contribution in [0, 0.1) is 6.92 Å². The Balaban J connectivity index is 2.75. The number of nitrogens with zero attached hydrogens (tertiary/aromatic N) is 1. The van der Waals surface area contributed by atoms with Crippen molar-refractivity contribution in [2.75, 3.05) is 35.8 Å². The van der Waals surface area contributed by atoms with Crippen molar-refractivity contribution in [3.63, 3.8) is 0 Å². The number of benzene rings is 1. The van der Waals surface area contributed by atoms with Gasteiger partial charge in [-0.2, -0.15) is 0 Å². The van der Waals surface area contributed by atoms with Crippen molar-refractivity contribution in [3.8, 4) is 0 Å². The zero-order valence-corrected chi connectivity index (χ0v) is 13.3. The molecule has 0 unspecified atom stereocenters. The summed E-state index contributed by atoms with van der Waals surface area (Å²) in [4.78, 5) is 13.7. The summed E-state index contributed by atoms with van der Waals surface area (Å²) in [6, 6.07) is 5.50. The lowest BCUT2D eigenvalue weighted by molar-refractivity contribution is -0.113. The Bertz CT molecular complexity index is 580. The Labute approximate surface area is 120 Å². The van der Waals surface area contributed by atoms with E-state index in [0.29, 0.717) is 12.1 Å². The van der Waals surface area contributed by atoms with E-state index in [9.17, 15) is 13.2 Å². The average Bonchev–Trinajstić information content (AvgIpc) is 2.26. The maximum atomic E-state index is 11.7. The molecule has 0 aliphatic carbocycles. The van der Waals surface area contributed by atoms with Crippen molar-refractivity contribution in [2.45, 2.75) is 20.3 Å². The van der Waals surface area contributed by atoms with Gasteiger partial charge >= 0.3 is 0 Å². The molecule has 0 atom stereocenters. The van der Waals surface area contributed by atoms with Crippen molar-refractivity contribution in [2.24, 2.45) is 0 Å². The lowest BCUT2D eigenvalue weighted by Crippen LogP contribution is -2.24. The number of hydrogen-bond donors (Lipinski definition) is 1. The number of carbonyl (C=O) groups excluding carboxylic acids is 1. The van der Waals surface area contributed by atoms with Gasteiger partial charge in [0.05, 0.1) is 5.75 Å². The minimum Gasteiger partial charge on any atom is -0.377 e. The lowest BCUT2D eigenvalue weighted by Gasteiger charge is -2.16. The van der Waals surface area contributed by atoms with Gasteiger partial charge in [-0.3, -0.25) is 4.79 Å². The fourth-order valence-corrected chi connectivity index (χ4v) is 3.25. The number of sulfone groups is 1. The minimum atomic E-state index is -3.30. The van der Waals surface area contributed by atoms with Crippen LogP contribution in [0.5, 0.6) is 0 Å². The largest absolute Gasteiger partial charge is 0.377 e. The Kier molecular flexibility index (Phi) is 5.56. The molecule has 0 saturated carbocycles. The second kappa shape index (κ2) is 6.74. The van der Waals surface area contributed by atoms with Gasteiger partial charge in [0, 0.05) is 25.5 Å². The summed E-state index contributed by atoms with van der Waals surface area (Å²) in [7, 11) is 0.582. The maximum absolute atomic E-state index is 11.7. The quantitative estimate of drug-likeness (QED) is 0.870. The van der Waals surface area contributed by atoms with Gasteiger partial charge in [0.15, 0.2) is 9.84 Å². The molecule has 0 saturated heterocycles.